The van der Waals surface area contributed by atoms with E-state index in [4.69, 9.17) is 19.9 Å². The van der Waals surface area contributed by atoms with Gasteiger partial charge in [-0.25, -0.2) is 0 Å². The molecule has 1 aromatic carbocycles. The minimum Gasteiger partial charge on any atom is -0.486 e. The molecule has 2 aliphatic rings. The Morgan fingerprint density at radius 1 is 1.22 bits per heavy atom. The third-order valence-corrected chi connectivity index (χ3v) is 5.29. The quantitative estimate of drug-likeness (QED) is 0.726. The Kier molecular flexibility index (Phi) is 7.35. The van der Waals surface area contributed by atoms with Gasteiger partial charge < -0.3 is 25.3 Å². The number of hydrogen-bond acceptors (Lipinski definition) is 5. The first-order valence-electron chi connectivity index (χ1n) is 10.2. The van der Waals surface area contributed by atoms with Crippen LogP contribution in [0.1, 0.15) is 51.9 Å². The summed E-state index contributed by atoms with van der Waals surface area (Å²) in [6, 6.07) is 5.12. The van der Waals surface area contributed by atoms with Crippen molar-refractivity contribution in [1.29, 1.82) is 0 Å². The number of hydrogen-bond donors (Lipinski definition) is 2. The number of anilines is 1. The van der Waals surface area contributed by atoms with Gasteiger partial charge in [0.1, 0.15) is 13.2 Å². The summed E-state index contributed by atoms with van der Waals surface area (Å²) in [5.74, 6) is 1.76. The summed E-state index contributed by atoms with van der Waals surface area (Å²) in [4.78, 5) is 12.9. The molecule has 3 rings (SSSR count). The van der Waals surface area contributed by atoms with Crippen molar-refractivity contribution in [2.75, 3.05) is 25.1 Å². The highest BCUT2D eigenvalue weighted by atomic mass is 16.6. The van der Waals surface area contributed by atoms with Crippen LogP contribution in [0.4, 0.5) is 5.69 Å². The molecule has 0 radical (unpaired) electrons. The third-order valence-electron chi connectivity index (χ3n) is 5.29. The smallest absolute Gasteiger partial charge is 0.255 e. The number of benzene rings is 1. The number of amides is 1. The molecular weight excluding hydrogens is 344 g/mol. The first-order valence-corrected chi connectivity index (χ1v) is 10.2. The van der Waals surface area contributed by atoms with Crippen LogP contribution in [0.5, 0.6) is 11.5 Å². The number of ether oxygens (including phenoxy) is 3. The monoisotopic (exact) mass is 376 g/mol. The van der Waals surface area contributed by atoms with Crippen LogP contribution in [0.15, 0.2) is 18.2 Å². The van der Waals surface area contributed by atoms with E-state index in [2.05, 4.69) is 5.32 Å². The zero-order valence-corrected chi connectivity index (χ0v) is 16.2. The standard InChI is InChI=1S/C21H32N2O4/c1-2-10-27-20(17(22)13-15-6-4-3-5-7-15)21(24)23-16-8-9-18-19(14-16)26-12-11-25-18/h8-9,14-15,17,20H,2-7,10-13,22H2,1H3,(H,23,24)/t17-,20?/m1/s1. The molecule has 0 saturated heterocycles. The Hall–Kier alpha value is -1.79. The summed E-state index contributed by atoms with van der Waals surface area (Å²) >= 11 is 0. The predicted octanol–water partition coefficient (Wildman–Crippen LogP) is 3.49. The van der Waals surface area contributed by atoms with E-state index in [1.165, 1.54) is 32.1 Å². The van der Waals surface area contributed by atoms with Gasteiger partial charge in [0.2, 0.25) is 0 Å². The summed E-state index contributed by atoms with van der Waals surface area (Å²) < 4.78 is 17.0. The zero-order valence-electron chi connectivity index (χ0n) is 16.2. The lowest BCUT2D eigenvalue weighted by molar-refractivity contribution is -0.129. The second kappa shape index (κ2) is 9.95. The first-order chi connectivity index (χ1) is 13.2. The average molecular weight is 376 g/mol. The summed E-state index contributed by atoms with van der Waals surface area (Å²) in [6.07, 6.45) is 7.30. The van der Waals surface area contributed by atoms with Crippen LogP contribution >= 0.6 is 0 Å². The fourth-order valence-corrected chi connectivity index (χ4v) is 3.90. The van der Waals surface area contributed by atoms with Gasteiger partial charge in [-0.05, 0) is 30.9 Å². The molecule has 6 heteroatoms. The number of fused-ring (bicyclic) bond motifs is 1. The highest BCUT2D eigenvalue weighted by Crippen LogP contribution is 2.33. The second-order valence-corrected chi connectivity index (χ2v) is 7.54. The molecule has 27 heavy (non-hydrogen) atoms. The van der Waals surface area contributed by atoms with Crippen molar-refractivity contribution in [3.63, 3.8) is 0 Å². The molecule has 1 heterocycles. The van der Waals surface area contributed by atoms with E-state index < -0.39 is 6.10 Å². The number of nitrogens with one attached hydrogen (secondary N) is 1. The molecule has 1 unspecified atom stereocenters. The van der Waals surface area contributed by atoms with E-state index in [9.17, 15) is 4.79 Å². The lowest BCUT2D eigenvalue weighted by atomic mass is 9.84. The van der Waals surface area contributed by atoms with Gasteiger partial charge >= 0.3 is 0 Å². The van der Waals surface area contributed by atoms with Crippen LogP contribution in [0.25, 0.3) is 0 Å². The van der Waals surface area contributed by atoms with E-state index in [-0.39, 0.29) is 11.9 Å². The second-order valence-electron chi connectivity index (χ2n) is 7.54. The molecular formula is C21H32N2O4. The summed E-state index contributed by atoms with van der Waals surface area (Å²) in [5, 5.41) is 2.94. The van der Waals surface area contributed by atoms with Crippen LogP contribution in [0, 0.1) is 5.92 Å². The molecule has 6 nitrogen and oxygen atoms in total. The predicted molar refractivity (Wildman–Crippen MR) is 105 cm³/mol. The van der Waals surface area contributed by atoms with Gasteiger partial charge in [-0.15, -0.1) is 0 Å². The molecule has 0 aromatic heterocycles. The molecule has 1 aliphatic carbocycles. The van der Waals surface area contributed by atoms with Crippen LogP contribution in [0.2, 0.25) is 0 Å². The van der Waals surface area contributed by atoms with Gasteiger partial charge in [0.15, 0.2) is 17.6 Å². The minimum atomic E-state index is -0.639. The van der Waals surface area contributed by atoms with Crippen LogP contribution in [-0.2, 0) is 9.53 Å². The molecule has 1 saturated carbocycles. The van der Waals surface area contributed by atoms with Gasteiger partial charge in [0, 0.05) is 24.4 Å². The van der Waals surface area contributed by atoms with E-state index in [0.29, 0.717) is 42.9 Å². The van der Waals surface area contributed by atoms with Crippen molar-refractivity contribution in [2.24, 2.45) is 11.7 Å². The van der Waals surface area contributed by atoms with E-state index in [1.54, 1.807) is 6.07 Å². The Morgan fingerprint density at radius 3 is 2.70 bits per heavy atom. The normalized spacial score (nSPS) is 19.3. The van der Waals surface area contributed by atoms with Gasteiger partial charge in [0.05, 0.1) is 0 Å². The Labute approximate surface area is 161 Å². The van der Waals surface area contributed by atoms with Crippen molar-refractivity contribution in [1.82, 2.24) is 0 Å². The number of carbonyl (C=O) groups is 1. The molecule has 0 bridgehead atoms. The average Bonchev–Trinajstić information content (AvgIpc) is 2.69. The van der Waals surface area contributed by atoms with Crippen molar-refractivity contribution in [3.05, 3.63) is 18.2 Å². The lowest BCUT2D eigenvalue weighted by Crippen LogP contribution is -2.46. The van der Waals surface area contributed by atoms with Crippen molar-refractivity contribution >= 4 is 11.6 Å². The maximum Gasteiger partial charge on any atom is 0.255 e. The van der Waals surface area contributed by atoms with Crippen molar-refractivity contribution < 1.29 is 19.0 Å². The SMILES string of the molecule is CCCOC(C(=O)Nc1ccc2c(c1)OCCO2)[C@H](N)CC1CCCCC1. The first kappa shape index (κ1) is 20.0. The highest BCUT2D eigenvalue weighted by Gasteiger charge is 2.29. The van der Waals surface area contributed by atoms with Gasteiger partial charge in [-0.1, -0.05) is 39.0 Å². The van der Waals surface area contributed by atoms with E-state index in [0.717, 1.165) is 12.8 Å². The molecule has 2 atom stereocenters. The number of nitrogens with two attached hydrogens (primary N) is 1. The molecule has 3 N–H and O–H groups in total. The molecule has 1 aliphatic heterocycles. The van der Waals surface area contributed by atoms with Crippen molar-refractivity contribution in [2.45, 2.75) is 64.0 Å². The highest BCUT2D eigenvalue weighted by molar-refractivity contribution is 5.95. The van der Waals surface area contributed by atoms with Crippen molar-refractivity contribution in [3.8, 4) is 11.5 Å². The fourth-order valence-electron chi connectivity index (χ4n) is 3.90. The summed E-state index contributed by atoms with van der Waals surface area (Å²) in [7, 11) is 0. The Balaban J connectivity index is 1.63. The topological polar surface area (TPSA) is 82.8 Å². The number of rotatable bonds is 8. The van der Waals surface area contributed by atoms with Gasteiger partial charge in [-0.2, -0.15) is 0 Å². The summed E-state index contributed by atoms with van der Waals surface area (Å²) in [6.45, 7) is 3.61. The molecule has 1 fully saturated rings. The molecule has 1 amide bonds. The summed E-state index contributed by atoms with van der Waals surface area (Å²) in [5.41, 5.74) is 7.09. The fraction of sp³-hybridized carbons (Fsp3) is 0.667. The Bertz CT molecular complexity index is 616. The van der Waals surface area contributed by atoms with Gasteiger partial charge in [0.25, 0.3) is 5.91 Å². The molecule has 150 valence electrons. The number of carbonyl (C=O) groups excluding carboxylic acids is 1. The molecule has 1 aromatic rings. The van der Waals surface area contributed by atoms with Crippen LogP contribution < -0.4 is 20.5 Å². The van der Waals surface area contributed by atoms with Crippen LogP contribution in [-0.4, -0.2) is 37.9 Å². The maximum atomic E-state index is 12.9. The Morgan fingerprint density at radius 2 is 1.96 bits per heavy atom. The van der Waals surface area contributed by atoms with E-state index in [1.807, 2.05) is 19.1 Å². The third kappa shape index (κ3) is 5.59. The van der Waals surface area contributed by atoms with Crippen LogP contribution in [0.3, 0.4) is 0 Å². The minimum absolute atomic E-state index is 0.191. The van der Waals surface area contributed by atoms with Gasteiger partial charge in [-0.3, -0.25) is 4.79 Å². The zero-order chi connectivity index (χ0) is 19.1. The molecule has 0 spiro atoms. The lowest BCUT2D eigenvalue weighted by Gasteiger charge is -2.29. The maximum absolute atomic E-state index is 12.9. The largest absolute Gasteiger partial charge is 0.486 e. The van der Waals surface area contributed by atoms with E-state index >= 15 is 0 Å².